The molecule has 0 aliphatic heterocycles. The molecule has 8 heteroatoms. The van der Waals surface area contributed by atoms with Gasteiger partial charge in [0.25, 0.3) is 0 Å². The molecule has 0 saturated heterocycles. The number of phosphoric acid groups is 1. The van der Waals surface area contributed by atoms with E-state index in [1.807, 2.05) is 21.1 Å². The largest absolute Gasteiger partial charge is 0.474 e. The van der Waals surface area contributed by atoms with Crippen LogP contribution < -0.4 is 0 Å². The average Bonchev–Trinajstić information content (AvgIpc) is 2.24. The highest BCUT2D eigenvalue weighted by Crippen LogP contribution is 2.48. The molecule has 2 atom stereocenters. The van der Waals surface area contributed by atoms with Gasteiger partial charge in [-0.05, 0) is 0 Å². The lowest BCUT2D eigenvalue weighted by molar-refractivity contribution is -0.870. The summed E-state index contributed by atoms with van der Waals surface area (Å²) in [5.74, 6) is 0. The number of nitrogens with zero attached hydrogens (tertiary/aromatic N) is 1. The van der Waals surface area contributed by atoms with Crippen molar-refractivity contribution in [1.82, 2.24) is 0 Å². The maximum atomic E-state index is 11.8. The fourth-order valence-electron chi connectivity index (χ4n) is 0.799. The predicted molar refractivity (Wildman–Crippen MR) is 62.5 cm³/mol. The SMILES string of the molecule is COP(=O)(OCC[N+](C)(C)C)OCC(O)CO. The molecular weight excluding hydrogens is 249 g/mol. The van der Waals surface area contributed by atoms with Crippen molar-refractivity contribution in [3.05, 3.63) is 0 Å². The Morgan fingerprint density at radius 1 is 1.29 bits per heavy atom. The van der Waals surface area contributed by atoms with Crippen molar-refractivity contribution in [3.8, 4) is 0 Å². The van der Waals surface area contributed by atoms with E-state index in [4.69, 9.17) is 19.3 Å². The van der Waals surface area contributed by atoms with E-state index < -0.39 is 20.5 Å². The van der Waals surface area contributed by atoms with Crippen LogP contribution in [-0.2, 0) is 18.1 Å². The first-order valence-electron chi connectivity index (χ1n) is 5.26. The van der Waals surface area contributed by atoms with E-state index in [0.717, 1.165) is 0 Å². The minimum atomic E-state index is -3.63. The van der Waals surface area contributed by atoms with Crippen molar-refractivity contribution in [2.45, 2.75) is 6.10 Å². The zero-order chi connectivity index (χ0) is 13.5. The summed E-state index contributed by atoms with van der Waals surface area (Å²) in [5, 5.41) is 17.6. The van der Waals surface area contributed by atoms with Crippen LogP contribution in [0.5, 0.6) is 0 Å². The van der Waals surface area contributed by atoms with E-state index in [2.05, 4.69) is 4.52 Å². The van der Waals surface area contributed by atoms with E-state index in [-0.39, 0.29) is 13.2 Å². The minimum Gasteiger partial charge on any atom is -0.394 e. The normalized spacial score (nSPS) is 17.8. The Bertz CT molecular complexity index is 254. The second kappa shape index (κ2) is 7.43. The van der Waals surface area contributed by atoms with Crippen LogP contribution in [0.4, 0.5) is 0 Å². The van der Waals surface area contributed by atoms with Gasteiger partial charge in [0.05, 0.1) is 34.4 Å². The minimum absolute atomic E-state index is 0.212. The number of rotatable bonds is 9. The molecule has 0 aromatic carbocycles. The van der Waals surface area contributed by atoms with Gasteiger partial charge in [0.2, 0.25) is 0 Å². The molecule has 0 aromatic rings. The van der Waals surface area contributed by atoms with E-state index in [9.17, 15) is 4.57 Å². The molecular formula is C9H23NO6P+. The maximum Gasteiger partial charge on any atom is 0.474 e. The van der Waals surface area contributed by atoms with Crippen molar-refractivity contribution >= 4 is 7.82 Å². The molecule has 0 rings (SSSR count). The summed E-state index contributed by atoms with van der Waals surface area (Å²) in [4.78, 5) is 0. The molecule has 7 nitrogen and oxygen atoms in total. The van der Waals surface area contributed by atoms with Crippen LogP contribution in [0.15, 0.2) is 0 Å². The fraction of sp³-hybridized carbons (Fsp3) is 1.00. The first-order chi connectivity index (χ1) is 7.72. The number of aliphatic hydroxyl groups is 2. The van der Waals surface area contributed by atoms with Gasteiger partial charge < -0.3 is 14.7 Å². The molecule has 2 N–H and O–H groups in total. The number of hydrogen-bond acceptors (Lipinski definition) is 6. The summed E-state index contributed by atoms with van der Waals surface area (Å²) in [6.07, 6.45) is -1.10. The lowest BCUT2D eigenvalue weighted by atomic mass is 10.4. The molecule has 0 spiro atoms. The Labute approximate surface area is 102 Å². The van der Waals surface area contributed by atoms with Gasteiger partial charge in [0.15, 0.2) is 0 Å². The van der Waals surface area contributed by atoms with Crippen LogP contribution in [0.2, 0.25) is 0 Å². The highest BCUT2D eigenvalue weighted by molar-refractivity contribution is 7.48. The molecule has 104 valence electrons. The quantitative estimate of drug-likeness (QED) is 0.448. The van der Waals surface area contributed by atoms with Crippen LogP contribution >= 0.6 is 7.82 Å². The molecule has 17 heavy (non-hydrogen) atoms. The lowest BCUT2D eigenvalue weighted by Crippen LogP contribution is -2.37. The Kier molecular flexibility index (Phi) is 7.43. The van der Waals surface area contributed by atoms with Crippen LogP contribution in [0.3, 0.4) is 0 Å². The summed E-state index contributed by atoms with van der Waals surface area (Å²) in [5.41, 5.74) is 0. The van der Waals surface area contributed by atoms with E-state index in [1.54, 1.807) is 0 Å². The maximum absolute atomic E-state index is 11.8. The molecule has 0 radical (unpaired) electrons. The van der Waals surface area contributed by atoms with Crippen LogP contribution in [0.25, 0.3) is 0 Å². The number of quaternary nitrogens is 1. The zero-order valence-electron chi connectivity index (χ0n) is 10.8. The van der Waals surface area contributed by atoms with Crippen LogP contribution in [0.1, 0.15) is 0 Å². The zero-order valence-corrected chi connectivity index (χ0v) is 11.7. The van der Waals surface area contributed by atoms with Crippen molar-refractivity contribution in [2.24, 2.45) is 0 Å². The van der Waals surface area contributed by atoms with E-state index in [1.165, 1.54) is 7.11 Å². The Morgan fingerprint density at radius 3 is 2.29 bits per heavy atom. The van der Waals surface area contributed by atoms with Gasteiger partial charge in [-0.15, -0.1) is 0 Å². The lowest BCUT2D eigenvalue weighted by Gasteiger charge is -2.24. The second-order valence-electron chi connectivity index (χ2n) is 4.61. The summed E-state index contributed by atoms with van der Waals surface area (Å²) in [6.45, 7) is 0.0810. The second-order valence-corrected chi connectivity index (χ2v) is 6.39. The van der Waals surface area contributed by atoms with Crippen molar-refractivity contribution in [3.63, 3.8) is 0 Å². The summed E-state index contributed by atoms with van der Waals surface area (Å²) in [6, 6.07) is 0. The van der Waals surface area contributed by atoms with E-state index in [0.29, 0.717) is 11.0 Å². The molecule has 0 bridgehead atoms. The Morgan fingerprint density at radius 2 is 1.88 bits per heavy atom. The standard InChI is InChI=1S/C9H23NO6P/c1-10(2,3)5-6-15-17(13,14-4)16-8-9(12)7-11/h9,11-12H,5-8H2,1-4H3/q+1. The molecule has 0 fully saturated rings. The van der Waals surface area contributed by atoms with Gasteiger partial charge >= 0.3 is 7.82 Å². The topological polar surface area (TPSA) is 85.2 Å². The molecule has 0 amide bonds. The van der Waals surface area contributed by atoms with Gasteiger partial charge in [0.1, 0.15) is 19.3 Å². The highest BCUT2D eigenvalue weighted by Gasteiger charge is 2.26. The van der Waals surface area contributed by atoms with Gasteiger partial charge in [-0.25, -0.2) is 4.57 Å². The molecule has 0 aromatic heterocycles. The van der Waals surface area contributed by atoms with Gasteiger partial charge in [-0.3, -0.25) is 13.6 Å². The first-order valence-corrected chi connectivity index (χ1v) is 6.73. The summed E-state index contributed by atoms with van der Waals surface area (Å²) >= 11 is 0. The van der Waals surface area contributed by atoms with Gasteiger partial charge in [-0.2, -0.15) is 0 Å². The Balaban J connectivity index is 4.06. The van der Waals surface area contributed by atoms with Crippen molar-refractivity contribution in [1.29, 1.82) is 0 Å². The van der Waals surface area contributed by atoms with Crippen molar-refractivity contribution in [2.75, 3.05) is 54.6 Å². The van der Waals surface area contributed by atoms with Crippen LogP contribution in [0, 0.1) is 0 Å². The van der Waals surface area contributed by atoms with Crippen molar-refractivity contribution < 1.29 is 32.8 Å². The summed E-state index contributed by atoms with van der Waals surface area (Å²) < 4.78 is 27.0. The van der Waals surface area contributed by atoms with Crippen LogP contribution in [-0.4, -0.2) is 75.4 Å². The fourth-order valence-corrected chi connectivity index (χ4v) is 1.74. The number of hydrogen-bond donors (Lipinski definition) is 2. The molecule has 0 heterocycles. The molecule has 0 saturated carbocycles. The number of likely N-dealkylation sites (N-methyl/N-ethyl adjacent to an activating group) is 1. The van der Waals surface area contributed by atoms with E-state index >= 15 is 0 Å². The van der Waals surface area contributed by atoms with Gasteiger partial charge in [-0.1, -0.05) is 0 Å². The molecule has 0 aliphatic rings. The molecule has 2 unspecified atom stereocenters. The Hall–Kier alpha value is -0.0100. The number of aliphatic hydroxyl groups excluding tert-OH is 2. The highest BCUT2D eigenvalue weighted by atomic mass is 31.2. The third kappa shape index (κ3) is 8.68. The monoisotopic (exact) mass is 272 g/mol. The smallest absolute Gasteiger partial charge is 0.394 e. The number of phosphoric ester groups is 1. The summed E-state index contributed by atoms with van der Waals surface area (Å²) in [7, 11) is 3.48. The van der Waals surface area contributed by atoms with Gasteiger partial charge in [0, 0.05) is 7.11 Å². The average molecular weight is 272 g/mol. The first kappa shape index (κ1) is 17.0. The predicted octanol–water partition coefficient (Wildman–Crippen LogP) is -0.166. The third-order valence-corrected chi connectivity index (χ3v) is 3.28. The third-order valence-electron chi connectivity index (χ3n) is 1.87. The molecule has 0 aliphatic carbocycles.